The summed E-state index contributed by atoms with van der Waals surface area (Å²) in [5, 5.41) is 4.54. The van der Waals surface area contributed by atoms with Crippen LogP contribution < -0.4 is 10.1 Å². The van der Waals surface area contributed by atoms with E-state index in [0.717, 1.165) is 29.7 Å². The van der Waals surface area contributed by atoms with E-state index < -0.39 is 11.9 Å². The lowest BCUT2D eigenvalue weighted by atomic mass is 10.1. The second-order valence-electron chi connectivity index (χ2n) is 6.58. The van der Waals surface area contributed by atoms with Gasteiger partial charge in [0.2, 0.25) is 5.88 Å². The highest BCUT2D eigenvalue weighted by atomic mass is 35.5. The molecule has 1 amide bonds. The normalized spacial score (nSPS) is 12.6. The van der Waals surface area contributed by atoms with Crippen molar-refractivity contribution in [3.05, 3.63) is 44.5 Å². The van der Waals surface area contributed by atoms with Crippen LogP contribution in [-0.2, 0) is 22.4 Å². The first-order valence-electron chi connectivity index (χ1n) is 9.32. The molecule has 1 aliphatic rings. The summed E-state index contributed by atoms with van der Waals surface area (Å²) in [5.74, 6) is -0.640. The average molecular weight is 466 g/mol. The molecule has 30 heavy (non-hydrogen) atoms. The molecule has 3 aromatic rings. The molecule has 0 unspecified atom stereocenters. The topological polar surface area (TPSA) is 90.4 Å². The Kier molecular flexibility index (Phi) is 6.08. The molecule has 1 aromatic carbocycles. The van der Waals surface area contributed by atoms with Crippen LogP contribution in [0.4, 0.5) is 5.00 Å². The smallest absolute Gasteiger partial charge is 0.341 e. The number of aromatic nitrogens is 2. The van der Waals surface area contributed by atoms with Crippen LogP contribution in [0.25, 0.3) is 10.9 Å². The van der Waals surface area contributed by atoms with E-state index in [9.17, 15) is 9.59 Å². The lowest BCUT2D eigenvalue weighted by Gasteiger charge is -2.10. The second-order valence-corrected chi connectivity index (χ2v) is 8.53. The minimum atomic E-state index is -0.417. The number of rotatable bonds is 6. The largest absolute Gasteiger partial charge is 0.467 e. The van der Waals surface area contributed by atoms with Gasteiger partial charge in [0.25, 0.3) is 5.91 Å². The molecule has 1 aliphatic carbocycles. The quantitative estimate of drug-likeness (QED) is 0.531. The number of nitrogens with one attached hydrogen (secondary N) is 1. The number of fused-ring (bicyclic) bond motifs is 2. The third-order valence-corrected chi connectivity index (χ3v) is 6.33. The summed E-state index contributed by atoms with van der Waals surface area (Å²) in [6.45, 7) is 1.72. The van der Waals surface area contributed by atoms with Crippen molar-refractivity contribution in [3.8, 4) is 5.88 Å². The molecule has 4 rings (SSSR count). The number of hydrogen-bond acceptors (Lipinski definition) is 7. The number of carbonyl (C=O) groups is 2. The SMILES string of the molecule is CCOC(=O)c1c(NC(=O)COc2ncnc3c(Cl)cc(Cl)cc23)sc2c1CCC2. The maximum absolute atomic E-state index is 12.5. The number of nitrogens with zero attached hydrogens (tertiary/aromatic N) is 2. The Labute approximate surface area is 186 Å². The molecule has 2 aromatic heterocycles. The first kappa shape index (κ1) is 20.8. The lowest BCUT2D eigenvalue weighted by Crippen LogP contribution is -2.21. The summed E-state index contributed by atoms with van der Waals surface area (Å²) in [5.41, 5.74) is 1.90. The van der Waals surface area contributed by atoms with Crippen molar-refractivity contribution in [2.24, 2.45) is 0 Å². The Hall–Kier alpha value is -2.42. The number of benzene rings is 1. The number of hydrogen-bond donors (Lipinski definition) is 1. The maximum Gasteiger partial charge on any atom is 0.341 e. The number of halogens is 2. The van der Waals surface area contributed by atoms with Gasteiger partial charge in [-0.3, -0.25) is 4.79 Å². The number of aryl methyl sites for hydroxylation is 1. The molecule has 0 aliphatic heterocycles. The van der Waals surface area contributed by atoms with E-state index in [4.69, 9.17) is 32.7 Å². The first-order chi connectivity index (χ1) is 14.5. The van der Waals surface area contributed by atoms with Crippen LogP contribution in [-0.4, -0.2) is 35.1 Å². The van der Waals surface area contributed by atoms with Crippen LogP contribution in [0.1, 0.15) is 34.1 Å². The van der Waals surface area contributed by atoms with Crippen LogP contribution >= 0.6 is 34.5 Å². The van der Waals surface area contributed by atoms with Gasteiger partial charge in [-0.05, 0) is 43.9 Å². The molecule has 0 saturated carbocycles. The predicted octanol–water partition coefficient (Wildman–Crippen LogP) is 4.68. The molecular formula is C20H17Cl2N3O4S. The van der Waals surface area contributed by atoms with Gasteiger partial charge < -0.3 is 14.8 Å². The van der Waals surface area contributed by atoms with Gasteiger partial charge in [0.05, 0.1) is 28.1 Å². The van der Waals surface area contributed by atoms with Crippen molar-refractivity contribution in [1.29, 1.82) is 0 Å². The zero-order chi connectivity index (χ0) is 21.3. The third kappa shape index (κ3) is 4.08. The van der Waals surface area contributed by atoms with Crippen molar-refractivity contribution in [3.63, 3.8) is 0 Å². The number of amides is 1. The van der Waals surface area contributed by atoms with E-state index in [1.54, 1.807) is 19.1 Å². The van der Waals surface area contributed by atoms with Gasteiger partial charge in [0, 0.05) is 9.90 Å². The minimum absolute atomic E-state index is 0.193. The molecule has 0 radical (unpaired) electrons. The maximum atomic E-state index is 12.5. The monoisotopic (exact) mass is 465 g/mol. The second kappa shape index (κ2) is 8.75. The van der Waals surface area contributed by atoms with E-state index >= 15 is 0 Å². The fourth-order valence-corrected chi connectivity index (χ4v) is 5.23. The Bertz CT molecular complexity index is 1150. The lowest BCUT2D eigenvalue weighted by molar-refractivity contribution is -0.118. The molecule has 0 fully saturated rings. The van der Waals surface area contributed by atoms with Gasteiger partial charge in [0.15, 0.2) is 6.61 Å². The summed E-state index contributed by atoms with van der Waals surface area (Å²) in [6.07, 6.45) is 4.00. The molecule has 2 heterocycles. The summed E-state index contributed by atoms with van der Waals surface area (Å²) < 4.78 is 10.8. The fourth-order valence-electron chi connectivity index (χ4n) is 3.39. The zero-order valence-electron chi connectivity index (χ0n) is 16.0. The Balaban J connectivity index is 1.52. The predicted molar refractivity (Wildman–Crippen MR) is 116 cm³/mol. The number of ether oxygens (including phenoxy) is 2. The number of thiophene rings is 1. The molecule has 156 valence electrons. The Morgan fingerprint density at radius 1 is 1.23 bits per heavy atom. The van der Waals surface area contributed by atoms with E-state index in [1.807, 2.05) is 0 Å². The molecule has 10 heteroatoms. The van der Waals surface area contributed by atoms with E-state index in [0.29, 0.717) is 31.5 Å². The molecule has 0 spiro atoms. The molecule has 0 saturated heterocycles. The van der Waals surface area contributed by atoms with Crippen molar-refractivity contribution in [2.45, 2.75) is 26.2 Å². The molecular weight excluding hydrogens is 449 g/mol. The zero-order valence-corrected chi connectivity index (χ0v) is 18.3. The van der Waals surface area contributed by atoms with Crippen LogP contribution in [0.15, 0.2) is 18.5 Å². The van der Waals surface area contributed by atoms with Gasteiger partial charge >= 0.3 is 5.97 Å². The third-order valence-electron chi connectivity index (χ3n) is 4.61. The van der Waals surface area contributed by atoms with Crippen LogP contribution in [0, 0.1) is 0 Å². The average Bonchev–Trinajstić information content (AvgIpc) is 3.27. The summed E-state index contributed by atoms with van der Waals surface area (Å²) in [7, 11) is 0. The van der Waals surface area contributed by atoms with Crippen molar-refractivity contribution < 1.29 is 19.1 Å². The highest BCUT2D eigenvalue weighted by Crippen LogP contribution is 2.39. The molecule has 0 bridgehead atoms. The first-order valence-corrected chi connectivity index (χ1v) is 10.9. The number of carbonyl (C=O) groups excluding carboxylic acids is 2. The molecule has 7 nitrogen and oxygen atoms in total. The molecule has 0 atom stereocenters. The summed E-state index contributed by atoms with van der Waals surface area (Å²) >= 11 is 13.6. The van der Waals surface area contributed by atoms with Crippen LogP contribution in [0.5, 0.6) is 5.88 Å². The number of anilines is 1. The summed E-state index contributed by atoms with van der Waals surface area (Å²) in [4.78, 5) is 34.3. The molecule has 1 N–H and O–H groups in total. The van der Waals surface area contributed by atoms with Gasteiger partial charge in [-0.1, -0.05) is 23.2 Å². The van der Waals surface area contributed by atoms with Gasteiger partial charge in [-0.2, -0.15) is 0 Å². The van der Waals surface area contributed by atoms with Crippen molar-refractivity contribution in [1.82, 2.24) is 9.97 Å². The number of esters is 1. The fraction of sp³-hybridized carbons (Fsp3) is 0.300. The van der Waals surface area contributed by atoms with Crippen molar-refractivity contribution >= 4 is 62.3 Å². The van der Waals surface area contributed by atoms with Crippen LogP contribution in [0.3, 0.4) is 0 Å². The minimum Gasteiger partial charge on any atom is -0.467 e. The van der Waals surface area contributed by atoms with E-state index in [1.165, 1.54) is 17.7 Å². The van der Waals surface area contributed by atoms with Crippen LogP contribution in [0.2, 0.25) is 10.0 Å². The summed E-state index contributed by atoms with van der Waals surface area (Å²) in [6, 6.07) is 3.19. The van der Waals surface area contributed by atoms with Crippen molar-refractivity contribution in [2.75, 3.05) is 18.5 Å². The van der Waals surface area contributed by atoms with Gasteiger partial charge in [-0.25, -0.2) is 14.8 Å². The van der Waals surface area contributed by atoms with Gasteiger partial charge in [0.1, 0.15) is 11.3 Å². The van der Waals surface area contributed by atoms with Gasteiger partial charge in [-0.15, -0.1) is 11.3 Å². The Morgan fingerprint density at radius 2 is 2.07 bits per heavy atom. The highest BCUT2D eigenvalue weighted by Gasteiger charge is 2.28. The Morgan fingerprint density at radius 3 is 2.87 bits per heavy atom. The van der Waals surface area contributed by atoms with E-state index in [-0.39, 0.29) is 19.1 Å². The standard InChI is InChI=1S/C20H17Cl2N3O4S/c1-2-28-20(27)16-11-4-3-5-14(11)30-19(16)25-15(26)8-29-18-12-6-10(21)7-13(22)17(12)23-9-24-18/h6-7,9H,2-5,8H2,1H3,(H,25,26). The highest BCUT2D eigenvalue weighted by molar-refractivity contribution is 7.17. The van der Waals surface area contributed by atoms with E-state index in [2.05, 4.69) is 15.3 Å².